The van der Waals surface area contributed by atoms with Crippen molar-refractivity contribution >= 4 is 0 Å². The SMILES string of the molecule is Cc1ccc(OCCOC(F)(F)F)c(CCN)c1. The minimum Gasteiger partial charge on any atom is -0.491 e. The van der Waals surface area contributed by atoms with Gasteiger partial charge < -0.3 is 10.5 Å². The second kappa shape index (κ2) is 6.61. The maximum atomic E-state index is 11.7. The molecule has 0 bridgehead atoms. The van der Waals surface area contributed by atoms with E-state index in [0.29, 0.717) is 18.7 Å². The number of hydrogen-bond donors (Lipinski definition) is 1. The average molecular weight is 263 g/mol. The number of nitrogens with two attached hydrogens (primary N) is 1. The molecule has 0 fully saturated rings. The van der Waals surface area contributed by atoms with Crippen LogP contribution in [0.5, 0.6) is 5.75 Å². The number of hydrogen-bond acceptors (Lipinski definition) is 3. The zero-order valence-electron chi connectivity index (χ0n) is 10.1. The van der Waals surface area contributed by atoms with Crippen LogP contribution in [0.3, 0.4) is 0 Å². The van der Waals surface area contributed by atoms with Gasteiger partial charge in [0.2, 0.25) is 0 Å². The van der Waals surface area contributed by atoms with Crippen LogP contribution < -0.4 is 10.5 Å². The van der Waals surface area contributed by atoms with E-state index in [-0.39, 0.29) is 6.61 Å². The second-order valence-electron chi connectivity index (χ2n) is 3.79. The first kappa shape index (κ1) is 14.8. The zero-order valence-corrected chi connectivity index (χ0v) is 10.1. The summed E-state index contributed by atoms with van der Waals surface area (Å²) in [4.78, 5) is 0. The van der Waals surface area contributed by atoms with Crippen molar-refractivity contribution in [2.75, 3.05) is 19.8 Å². The van der Waals surface area contributed by atoms with Gasteiger partial charge in [-0.2, -0.15) is 0 Å². The van der Waals surface area contributed by atoms with E-state index in [1.807, 2.05) is 19.1 Å². The van der Waals surface area contributed by atoms with Crippen LogP contribution in [0.15, 0.2) is 18.2 Å². The fraction of sp³-hybridized carbons (Fsp3) is 0.500. The summed E-state index contributed by atoms with van der Waals surface area (Å²) >= 11 is 0. The highest BCUT2D eigenvalue weighted by molar-refractivity contribution is 5.37. The number of aryl methyl sites for hydroxylation is 1. The van der Waals surface area contributed by atoms with Gasteiger partial charge in [0.25, 0.3) is 0 Å². The summed E-state index contributed by atoms with van der Waals surface area (Å²) in [6, 6.07) is 5.47. The zero-order chi connectivity index (χ0) is 13.6. The molecule has 2 N–H and O–H groups in total. The van der Waals surface area contributed by atoms with E-state index in [4.69, 9.17) is 10.5 Å². The molecule has 102 valence electrons. The van der Waals surface area contributed by atoms with Crippen LogP contribution in [0.25, 0.3) is 0 Å². The number of benzene rings is 1. The van der Waals surface area contributed by atoms with E-state index >= 15 is 0 Å². The van der Waals surface area contributed by atoms with Crippen molar-refractivity contribution in [2.45, 2.75) is 19.7 Å². The molecular weight excluding hydrogens is 247 g/mol. The molecule has 1 aromatic rings. The molecule has 0 aliphatic carbocycles. The maximum absolute atomic E-state index is 11.7. The fourth-order valence-corrected chi connectivity index (χ4v) is 1.51. The van der Waals surface area contributed by atoms with Crippen LogP contribution in [-0.4, -0.2) is 26.1 Å². The molecule has 1 aromatic carbocycles. The number of alkyl halides is 3. The van der Waals surface area contributed by atoms with Crippen LogP contribution in [-0.2, 0) is 11.2 Å². The fourth-order valence-electron chi connectivity index (χ4n) is 1.51. The third-order valence-electron chi connectivity index (χ3n) is 2.24. The first-order valence-electron chi connectivity index (χ1n) is 5.55. The molecule has 3 nitrogen and oxygen atoms in total. The van der Waals surface area contributed by atoms with Crippen LogP contribution >= 0.6 is 0 Å². The highest BCUT2D eigenvalue weighted by Gasteiger charge is 2.28. The second-order valence-corrected chi connectivity index (χ2v) is 3.79. The largest absolute Gasteiger partial charge is 0.522 e. The van der Waals surface area contributed by atoms with Crippen molar-refractivity contribution in [3.05, 3.63) is 29.3 Å². The van der Waals surface area contributed by atoms with Gasteiger partial charge in [0.15, 0.2) is 0 Å². The average Bonchev–Trinajstić information content (AvgIpc) is 2.26. The highest BCUT2D eigenvalue weighted by atomic mass is 19.4. The summed E-state index contributed by atoms with van der Waals surface area (Å²) in [6.07, 6.45) is -3.99. The van der Waals surface area contributed by atoms with E-state index in [1.54, 1.807) is 6.07 Å². The Kier molecular flexibility index (Phi) is 5.43. The normalized spacial score (nSPS) is 11.6. The molecule has 1 rings (SSSR count). The van der Waals surface area contributed by atoms with E-state index in [2.05, 4.69) is 4.74 Å². The van der Waals surface area contributed by atoms with Gasteiger partial charge in [-0.1, -0.05) is 17.7 Å². The van der Waals surface area contributed by atoms with Crippen molar-refractivity contribution in [1.82, 2.24) is 0 Å². The lowest BCUT2D eigenvalue weighted by Crippen LogP contribution is -2.18. The number of ether oxygens (including phenoxy) is 2. The quantitative estimate of drug-likeness (QED) is 0.802. The Morgan fingerprint density at radius 3 is 2.56 bits per heavy atom. The summed E-state index contributed by atoms with van der Waals surface area (Å²) in [7, 11) is 0. The summed E-state index contributed by atoms with van der Waals surface area (Å²) in [6.45, 7) is 1.70. The monoisotopic (exact) mass is 263 g/mol. The Morgan fingerprint density at radius 1 is 1.22 bits per heavy atom. The Hall–Kier alpha value is -1.27. The van der Waals surface area contributed by atoms with E-state index < -0.39 is 13.0 Å². The molecule has 18 heavy (non-hydrogen) atoms. The van der Waals surface area contributed by atoms with Gasteiger partial charge in [0.1, 0.15) is 12.4 Å². The molecule has 0 saturated heterocycles. The lowest BCUT2D eigenvalue weighted by Gasteiger charge is -2.12. The van der Waals surface area contributed by atoms with Crippen LogP contribution in [0.2, 0.25) is 0 Å². The maximum Gasteiger partial charge on any atom is 0.522 e. The topological polar surface area (TPSA) is 44.5 Å². The highest BCUT2D eigenvalue weighted by Crippen LogP contribution is 2.21. The van der Waals surface area contributed by atoms with Crippen LogP contribution in [0, 0.1) is 6.92 Å². The van der Waals surface area contributed by atoms with Gasteiger partial charge in [0.05, 0.1) is 6.61 Å². The molecule has 0 atom stereocenters. The molecule has 0 aromatic heterocycles. The molecule has 0 spiro atoms. The molecule has 0 radical (unpaired) electrons. The molecule has 0 saturated carbocycles. The predicted molar refractivity (Wildman–Crippen MR) is 61.4 cm³/mol. The van der Waals surface area contributed by atoms with Gasteiger partial charge in [-0.05, 0) is 31.5 Å². The van der Waals surface area contributed by atoms with Gasteiger partial charge in [0, 0.05) is 0 Å². The summed E-state index contributed by atoms with van der Waals surface area (Å²) < 4.78 is 44.1. The Balaban J connectivity index is 2.51. The lowest BCUT2D eigenvalue weighted by atomic mass is 10.1. The summed E-state index contributed by atoms with van der Waals surface area (Å²) in [5.74, 6) is 0.553. The van der Waals surface area contributed by atoms with Crippen molar-refractivity contribution in [3.63, 3.8) is 0 Å². The lowest BCUT2D eigenvalue weighted by molar-refractivity contribution is -0.325. The minimum atomic E-state index is -4.61. The predicted octanol–water partition coefficient (Wildman–Crippen LogP) is 2.41. The van der Waals surface area contributed by atoms with Gasteiger partial charge in [-0.25, -0.2) is 0 Å². The number of halogens is 3. The molecule has 0 aliphatic rings. The van der Waals surface area contributed by atoms with Crippen molar-refractivity contribution in [3.8, 4) is 5.75 Å². The van der Waals surface area contributed by atoms with E-state index in [0.717, 1.165) is 11.1 Å². The standard InChI is InChI=1S/C12H16F3NO2/c1-9-2-3-11(10(8-9)4-5-16)17-6-7-18-12(13,14)15/h2-3,8H,4-7,16H2,1H3. The van der Waals surface area contributed by atoms with Gasteiger partial charge >= 0.3 is 6.36 Å². The van der Waals surface area contributed by atoms with Gasteiger partial charge in [-0.3, -0.25) is 4.74 Å². The van der Waals surface area contributed by atoms with Crippen molar-refractivity contribution in [1.29, 1.82) is 0 Å². The first-order valence-corrected chi connectivity index (χ1v) is 5.55. The Bertz CT molecular complexity index is 380. The molecule has 0 aliphatic heterocycles. The molecule has 0 heterocycles. The third-order valence-corrected chi connectivity index (χ3v) is 2.24. The molecular formula is C12H16F3NO2. The van der Waals surface area contributed by atoms with Crippen molar-refractivity contribution in [2.24, 2.45) is 5.73 Å². The third kappa shape index (κ3) is 5.37. The van der Waals surface area contributed by atoms with E-state index in [9.17, 15) is 13.2 Å². The van der Waals surface area contributed by atoms with Crippen LogP contribution in [0.4, 0.5) is 13.2 Å². The number of rotatable bonds is 6. The molecule has 0 amide bonds. The summed E-state index contributed by atoms with van der Waals surface area (Å²) in [5, 5.41) is 0. The van der Waals surface area contributed by atoms with Crippen LogP contribution in [0.1, 0.15) is 11.1 Å². The Labute approximate surface area is 104 Å². The van der Waals surface area contributed by atoms with E-state index in [1.165, 1.54) is 0 Å². The molecule has 0 unspecified atom stereocenters. The Morgan fingerprint density at radius 2 is 1.94 bits per heavy atom. The first-order chi connectivity index (χ1) is 8.42. The minimum absolute atomic E-state index is 0.153. The smallest absolute Gasteiger partial charge is 0.491 e. The summed E-state index contributed by atoms with van der Waals surface area (Å²) in [5.41, 5.74) is 7.41. The molecule has 6 heteroatoms. The van der Waals surface area contributed by atoms with Crippen molar-refractivity contribution < 1.29 is 22.6 Å². The van der Waals surface area contributed by atoms with Gasteiger partial charge in [-0.15, -0.1) is 13.2 Å².